The van der Waals surface area contributed by atoms with Crippen molar-refractivity contribution in [3.8, 4) is 5.75 Å². The second kappa shape index (κ2) is 8.20. The molecule has 0 amide bonds. The Balaban J connectivity index is 1.55. The van der Waals surface area contributed by atoms with Crippen molar-refractivity contribution in [2.24, 2.45) is 0 Å². The van der Waals surface area contributed by atoms with E-state index in [1.165, 1.54) is 0 Å². The first kappa shape index (κ1) is 21.7. The maximum absolute atomic E-state index is 12.6. The summed E-state index contributed by atoms with van der Waals surface area (Å²) in [7, 11) is -1.87. The van der Waals surface area contributed by atoms with Crippen molar-refractivity contribution in [2.45, 2.75) is 45.4 Å². The van der Waals surface area contributed by atoms with Crippen molar-refractivity contribution in [1.29, 1.82) is 0 Å². The number of hydrogen-bond donors (Lipinski definition) is 0. The molecule has 4 aromatic rings. The summed E-state index contributed by atoms with van der Waals surface area (Å²) in [5.74, 6) is 0.925. The fraction of sp³-hybridized carbons (Fsp3) is 0.333. The molecule has 2 aromatic carbocycles. The number of thiazole rings is 1. The molecule has 0 spiro atoms. The molecule has 0 fully saturated rings. The second-order valence-electron chi connectivity index (χ2n) is 9.25. The number of alkyl halides is 1. The summed E-state index contributed by atoms with van der Waals surface area (Å²) in [6.45, 7) is 11.1. The summed E-state index contributed by atoms with van der Waals surface area (Å²) in [4.78, 5) is 4.73. The summed E-state index contributed by atoms with van der Waals surface area (Å²) in [6, 6.07) is 12.2. The van der Waals surface area contributed by atoms with Crippen LogP contribution in [-0.4, -0.2) is 29.8 Å². The van der Waals surface area contributed by atoms with Crippen molar-refractivity contribution in [1.82, 2.24) is 14.8 Å². The summed E-state index contributed by atoms with van der Waals surface area (Å²) in [5, 5.41) is 6.37. The maximum atomic E-state index is 12.6. The van der Waals surface area contributed by atoms with Gasteiger partial charge in [-0.05, 0) is 60.1 Å². The highest BCUT2D eigenvalue weighted by Crippen LogP contribution is 2.38. The molecule has 0 bridgehead atoms. The predicted molar refractivity (Wildman–Crippen MR) is 132 cm³/mol. The zero-order valence-corrected chi connectivity index (χ0v) is 20.5. The summed E-state index contributed by atoms with van der Waals surface area (Å²) >= 11 is 1.66. The van der Waals surface area contributed by atoms with E-state index in [4.69, 9.17) is 9.41 Å². The topological polar surface area (TPSA) is 39.9 Å². The van der Waals surface area contributed by atoms with Gasteiger partial charge in [-0.25, -0.2) is 9.37 Å². The Labute approximate surface area is 187 Å². The first-order chi connectivity index (χ1) is 14.7. The molecular formula is C24H28FN3OSSi. The Morgan fingerprint density at radius 3 is 2.68 bits per heavy atom. The van der Waals surface area contributed by atoms with Crippen LogP contribution in [-0.2, 0) is 6.54 Å². The van der Waals surface area contributed by atoms with Crippen molar-refractivity contribution >= 4 is 52.9 Å². The van der Waals surface area contributed by atoms with Crippen LogP contribution in [0.3, 0.4) is 0 Å². The molecule has 0 saturated carbocycles. The van der Waals surface area contributed by atoms with Crippen molar-refractivity contribution in [3.05, 3.63) is 53.2 Å². The standard InChI is InChI=1S/C24H28FN3OSSi/c1-24(2,3)31(4,5)29-19-8-9-20-22(15-19)30-23(27-20)11-7-17-6-10-21-18(14-17)16-26-28(21)13-12-25/h6-11,14-16H,12-13H2,1-5H3/b11-7+. The summed E-state index contributed by atoms with van der Waals surface area (Å²) < 4.78 is 21.9. The average Bonchev–Trinajstić information content (AvgIpc) is 3.28. The van der Waals surface area contributed by atoms with Crippen LogP contribution in [0.4, 0.5) is 4.39 Å². The minimum absolute atomic E-state index is 0.160. The van der Waals surface area contributed by atoms with Gasteiger partial charge in [-0.3, -0.25) is 4.68 Å². The molecule has 31 heavy (non-hydrogen) atoms. The Bertz CT molecular complexity index is 1250. The van der Waals surface area contributed by atoms with Gasteiger partial charge < -0.3 is 4.43 Å². The first-order valence-corrected chi connectivity index (χ1v) is 14.2. The third-order valence-corrected chi connectivity index (χ3v) is 11.3. The quantitative estimate of drug-likeness (QED) is 0.291. The fourth-order valence-electron chi connectivity index (χ4n) is 3.14. The monoisotopic (exact) mass is 453 g/mol. The van der Waals surface area contributed by atoms with Gasteiger partial charge in [0.15, 0.2) is 0 Å². The molecule has 2 aromatic heterocycles. The lowest BCUT2D eigenvalue weighted by Crippen LogP contribution is -2.43. The van der Waals surface area contributed by atoms with Crippen LogP contribution < -0.4 is 4.43 Å². The zero-order valence-electron chi connectivity index (χ0n) is 18.6. The van der Waals surface area contributed by atoms with Crippen molar-refractivity contribution in [3.63, 3.8) is 0 Å². The Hall–Kier alpha value is -2.51. The van der Waals surface area contributed by atoms with E-state index in [9.17, 15) is 4.39 Å². The molecule has 0 unspecified atom stereocenters. The van der Waals surface area contributed by atoms with E-state index in [2.05, 4.69) is 57.2 Å². The SMILES string of the molecule is CC(C)(C)[Si](C)(C)Oc1ccc2nc(/C=C/c3ccc4c(cnn4CCF)c3)sc2c1. The first-order valence-electron chi connectivity index (χ1n) is 10.5. The van der Waals surface area contributed by atoms with Gasteiger partial charge in [-0.1, -0.05) is 32.9 Å². The molecule has 0 atom stereocenters. The third-order valence-electron chi connectivity index (χ3n) is 5.94. The minimum atomic E-state index is -1.87. The van der Waals surface area contributed by atoms with Crippen LogP contribution in [0.2, 0.25) is 18.1 Å². The van der Waals surface area contributed by atoms with Crippen LogP contribution in [0.5, 0.6) is 5.75 Å². The van der Waals surface area contributed by atoms with Gasteiger partial charge in [0.1, 0.15) is 17.4 Å². The van der Waals surface area contributed by atoms with E-state index >= 15 is 0 Å². The molecule has 7 heteroatoms. The highest BCUT2D eigenvalue weighted by Gasteiger charge is 2.39. The van der Waals surface area contributed by atoms with E-state index in [0.29, 0.717) is 0 Å². The molecule has 0 aliphatic heterocycles. The number of hydrogen-bond acceptors (Lipinski definition) is 4. The maximum Gasteiger partial charge on any atom is 0.250 e. The highest BCUT2D eigenvalue weighted by molar-refractivity contribution is 7.19. The van der Waals surface area contributed by atoms with Gasteiger partial charge in [0.05, 0.1) is 28.5 Å². The highest BCUT2D eigenvalue weighted by atomic mass is 32.1. The van der Waals surface area contributed by atoms with E-state index in [1.807, 2.05) is 30.3 Å². The van der Waals surface area contributed by atoms with Crippen LogP contribution in [0.15, 0.2) is 42.6 Å². The van der Waals surface area contributed by atoms with Gasteiger partial charge in [0.2, 0.25) is 8.32 Å². The lowest BCUT2D eigenvalue weighted by molar-refractivity contribution is 0.433. The van der Waals surface area contributed by atoms with E-state index in [0.717, 1.165) is 37.4 Å². The zero-order chi connectivity index (χ0) is 22.2. The van der Waals surface area contributed by atoms with Crippen LogP contribution >= 0.6 is 11.3 Å². The van der Waals surface area contributed by atoms with Gasteiger partial charge in [0, 0.05) is 5.39 Å². The summed E-state index contributed by atoms with van der Waals surface area (Å²) in [6.07, 6.45) is 5.87. The molecular weight excluding hydrogens is 425 g/mol. The number of rotatable bonds is 6. The van der Waals surface area contributed by atoms with Crippen LogP contribution in [0, 0.1) is 0 Å². The molecule has 0 N–H and O–H groups in total. The Morgan fingerprint density at radius 1 is 1.13 bits per heavy atom. The number of aryl methyl sites for hydroxylation is 1. The van der Waals surface area contributed by atoms with Gasteiger partial charge in [-0.2, -0.15) is 5.10 Å². The van der Waals surface area contributed by atoms with E-state index in [-0.39, 0.29) is 11.6 Å². The average molecular weight is 454 g/mol. The van der Waals surface area contributed by atoms with E-state index < -0.39 is 15.0 Å². The second-order valence-corrected chi connectivity index (χ2v) is 15.0. The predicted octanol–water partition coefficient (Wildman–Crippen LogP) is 7.17. The molecule has 162 valence electrons. The summed E-state index contributed by atoms with van der Waals surface area (Å²) in [5.41, 5.74) is 2.99. The molecule has 4 nitrogen and oxygen atoms in total. The molecule has 2 heterocycles. The Morgan fingerprint density at radius 2 is 1.94 bits per heavy atom. The van der Waals surface area contributed by atoms with Gasteiger partial charge in [0.25, 0.3) is 0 Å². The molecule has 0 aliphatic rings. The number of fused-ring (bicyclic) bond motifs is 2. The minimum Gasteiger partial charge on any atom is -0.543 e. The third kappa shape index (κ3) is 4.57. The van der Waals surface area contributed by atoms with Crippen LogP contribution in [0.25, 0.3) is 33.3 Å². The van der Waals surface area contributed by atoms with Crippen molar-refractivity contribution in [2.75, 3.05) is 6.67 Å². The molecule has 0 saturated heterocycles. The van der Waals surface area contributed by atoms with E-state index in [1.54, 1.807) is 22.2 Å². The fourth-order valence-corrected chi connectivity index (χ4v) is 5.06. The Kier molecular flexibility index (Phi) is 5.74. The number of halogens is 1. The number of aromatic nitrogens is 3. The largest absolute Gasteiger partial charge is 0.543 e. The molecule has 4 rings (SSSR count). The smallest absolute Gasteiger partial charge is 0.250 e. The molecule has 0 aliphatic carbocycles. The molecule has 0 radical (unpaired) electrons. The lowest BCUT2D eigenvalue weighted by Gasteiger charge is -2.36. The van der Waals surface area contributed by atoms with Crippen molar-refractivity contribution < 1.29 is 8.82 Å². The normalized spacial score (nSPS) is 13.0. The van der Waals surface area contributed by atoms with Gasteiger partial charge >= 0.3 is 0 Å². The lowest BCUT2D eigenvalue weighted by atomic mass is 10.1. The number of benzene rings is 2. The number of nitrogens with zero attached hydrogens (tertiary/aromatic N) is 3. The van der Waals surface area contributed by atoms with Crippen LogP contribution in [0.1, 0.15) is 31.3 Å². The van der Waals surface area contributed by atoms with Gasteiger partial charge in [-0.15, -0.1) is 11.3 Å².